The summed E-state index contributed by atoms with van der Waals surface area (Å²) in [5, 5.41) is 24.2. The number of rotatable bonds is 14. The normalized spacial score (nSPS) is 12.9. The number of halogens is 5. The molecule has 437 valence electrons. The molecule has 0 amide bonds. The van der Waals surface area contributed by atoms with Gasteiger partial charge in [-0.2, -0.15) is 55.4 Å². The third kappa shape index (κ3) is 15.4. The van der Waals surface area contributed by atoms with Gasteiger partial charge in [0.15, 0.2) is 11.6 Å². The molecule has 31 heteroatoms. The van der Waals surface area contributed by atoms with Crippen LogP contribution < -0.4 is 39.4 Å². The first-order chi connectivity index (χ1) is 38.7. The number of benzene rings is 4. The summed E-state index contributed by atoms with van der Waals surface area (Å²) in [6, 6.07) is 27.3. The summed E-state index contributed by atoms with van der Waals surface area (Å²) >= 11 is 14.9. The number of methoxy groups -OCH3 is 3. The van der Waals surface area contributed by atoms with Gasteiger partial charge in [-0.15, -0.1) is 10.2 Å². The van der Waals surface area contributed by atoms with Crippen molar-refractivity contribution >= 4 is 98.7 Å². The molecule has 4 aromatic heterocycles. The Morgan fingerprint density at radius 3 is 1.58 bits per heavy atom. The lowest BCUT2D eigenvalue weighted by atomic mass is 10.0. The van der Waals surface area contributed by atoms with Gasteiger partial charge < -0.3 is 23.9 Å². The number of pyridine rings is 2. The highest BCUT2D eigenvalue weighted by Gasteiger charge is 2.32. The maximum Gasteiger partial charge on any atom is 0.569 e. The predicted molar refractivity (Wildman–Crippen MR) is 326 cm³/mol. The van der Waals surface area contributed by atoms with Crippen LogP contribution in [0, 0.1) is 18.6 Å². The molecule has 0 saturated heterocycles. The highest BCUT2D eigenvalue weighted by molar-refractivity contribution is 9.10. The molecule has 3 N–H and O–H groups in total. The number of nitrogens with zero attached hydrogens (tertiary/aromatic N) is 8. The summed E-state index contributed by atoms with van der Waals surface area (Å²) in [4.78, 5) is 25.8. The molecule has 21 nitrogen and oxygen atoms in total. The molecule has 0 fully saturated rings. The van der Waals surface area contributed by atoms with E-state index in [-0.39, 0.29) is 103 Å². The topological polar surface area (TPSA) is 252 Å². The Morgan fingerprint density at radius 2 is 1.10 bits per heavy atom. The van der Waals surface area contributed by atoms with E-state index in [1.54, 1.807) is 54.6 Å². The Morgan fingerprint density at radius 1 is 0.614 bits per heavy atom. The van der Waals surface area contributed by atoms with Crippen LogP contribution in [0.25, 0.3) is 22.5 Å². The Bertz CT molecular complexity index is 3990. The first kappa shape index (κ1) is 65.5. The lowest BCUT2D eigenvalue weighted by molar-refractivity contribution is 0.385. The van der Waals surface area contributed by atoms with Crippen molar-refractivity contribution in [3.05, 3.63) is 197 Å². The van der Waals surface area contributed by atoms with E-state index in [1.165, 1.54) is 100.0 Å². The van der Waals surface area contributed by atoms with Crippen LogP contribution >= 0.6 is 58.9 Å². The monoisotopic (exact) mass is 1320 g/mol. The summed E-state index contributed by atoms with van der Waals surface area (Å²) in [6.45, 7) is 2.09. The fourth-order valence-electron chi connectivity index (χ4n) is 8.71. The second-order valence-corrected chi connectivity index (χ2v) is 22.5. The van der Waals surface area contributed by atoms with Gasteiger partial charge in [0.05, 0.1) is 37.2 Å². The van der Waals surface area contributed by atoms with Crippen LogP contribution in [0.4, 0.5) is 20.4 Å². The maximum absolute atomic E-state index is 15.6. The fraction of sp³-hybridized carbons (Fsp3) is 0.192. The van der Waals surface area contributed by atoms with Gasteiger partial charge in [-0.25, -0.2) is 8.78 Å². The van der Waals surface area contributed by atoms with Crippen LogP contribution in [0.5, 0.6) is 23.0 Å². The van der Waals surface area contributed by atoms with Crippen molar-refractivity contribution in [3.8, 4) is 45.5 Å². The molecule has 6 heterocycles. The second kappa shape index (κ2) is 28.8. The lowest BCUT2D eigenvalue weighted by Crippen LogP contribution is -2.41. The number of ether oxygens (including phenoxy) is 3. The second-order valence-electron chi connectivity index (χ2n) is 17.5. The Labute approximate surface area is 502 Å². The van der Waals surface area contributed by atoms with Gasteiger partial charge in [0, 0.05) is 108 Å². The lowest BCUT2D eigenvalue weighted by Gasteiger charge is -2.30. The summed E-state index contributed by atoms with van der Waals surface area (Å²) in [5.41, 5.74) is 3.56. The smallest absolute Gasteiger partial charge is 0.537 e. The van der Waals surface area contributed by atoms with Crippen molar-refractivity contribution in [1.82, 2.24) is 38.1 Å². The van der Waals surface area contributed by atoms with Gasteiger partial charge in [0.2, 0.25) is 0 Å². The number of hydrogen-bond acceptors (Lipinski definition) is 15. The number of hydrogen-bond donors (Lipinski definition) is 3. The third-order valence-corrected chi connectivity index (χ3v) is 16.5. The summed E-state index contributed by atoms with van der Waals surface area (Å²) < 4.78 is 113. The molecule has 2 aliphatic rings. The van der Waals surface area contributed by atoms with Crippen molar-refractivity contribution in [2.45, 2.75) is 32.9 Å². The molecule has 4 aromatic carbocycles. The van der Waals surface area contributed by atoms with Crippen molar-refractivity contribution in [1.29, 1.82) is 0 Å². The summed E-state index contributed by atoms with van der Waals surface area (Å²) in [7, 11) is -2.88. The number of nitrogens with one attached hydrogen (secondary N) is 2. The third-order valence-electron chi connectivity index (χ3n) is 12.5. The standard InChI is InChI=1S/C26H23ClFN5O5S.C19H17BrFN5O4S.C7H7BClO2.2H3P/c1-37-23-7-6-17(27)12-19(23)18-13-24(38-2)22(14-20(18)28)33-21-9-11-32(15-16(21)5-8-26(33)34)39(35,36)31-25-4-3-10-29-30-25;1-30-17-9-13(20)14(21)10-16(17)26-15-6-8-25(11-12(15)4-5-19(26)27)31(28,29)24-18-3-2-7-22-23-18;1-5-2-3-6(9)4-7(5)11-8-10;;/h3-8,10,12-14H,9,11,15H2,1-2H3,(H,30,31);2-5,7,9-10H,6,8,11H2,1H3,(H,23,24);2-4,10H,1H3;2*1H3. The first-order valence-corrected chi connectivity index (χ1v) is 28.4. The van der Waals surface area contributed by atoms with Crippen LogP contribution in [0.3, 0.4) is 0 Å². The molecule has 10 rings (SSSR count). The van der Waals surface area contributed by atoms with E-state index >= 15 is 4.39 Å². The molecule has 83 heavy (non-hydrogen) atoms. The van der Waals surface area contributed by atoms with E-state index in [4.69, 9.17) is 47.1 Å². The molecular weight excluding hydrogens is 1270 g/mol. The van der Waals surface area contributed by atoms with Gasteiger partial charge in [0.25, 0.3) is 11.1 Å². The zero-order valence-corrected chi connectivity index (χ0v) is 52.2. The van der Waals surface area contributed by atoms with Crippen LogP contribution in [0.1, 0.15) is 28.1 Å². The van der Waals surface area contributed by atoms with Crippen LogP contribution in [-0.2, 0) is 46.3 Å². The Hall–Kier alpha value is -6.64. The van der Waals surface area contributed by atoms with Crippen LogP contribution in [-0.4, -0.2) is 102 Å². The SMILES string of the molecule is COc1cc(Br)c(F)cc1-n1c2c(ccc1=O)CN(S(=O)(=O)Nc1cccnn1)CC2.COc1ccc(Cl)cc1-c1cc(OC)c(-n2c3c(ccc2=O)CN(S(=O)(=O)Nc2cccnn2)CC3)cc1F.Cc1ccc(Cl)cc1O[B]O.P.P. The molecule has 2 aliphatic heterocycles. The summed E-state index contributed by atoms with van der Waals surface area (Å²) in [6.07, 6.45) is 3.31. The molecule has 0 bridgehead atoms. The van der Waals surface area contributed by atoms with Gasteiger partial charge in [-0.1, -0.05) is 41.4 Å². The highest BCUT2D eigenvalue weighted by Crippen LogP contribution is 2.39. The van der Waals surface area contributed by atoms with Crippen LogP contribution in [0.15, 0.2) is 136 Å². The quantitative estimate of drug-likeness (QED) is 0.0696. The van der Waals surface area contributed by atoms with Gasteiger partial charge in [0.1, 0.15) is 34.6 Å². The summed E-state index contributed by atoms with van der Waals surface area (Å²) in [5.74, 6) is 0.556. The largest absolute Gasteiger partial charge is 0.569 e. The minimum absolute atomic E-state index is 0. The molecule has 2 atom stereocenters. The number of fused-ring (bicyclic) bond motifs is 2. The van der Waals surface area contributed by atoms with E-state index in [2.05, 4.69) is 45.8 Å². The Balaban J connectivity index is 0.000000224. The number of aryl methyl sites for hydroxylation is 1. The zero-order valence-electron chi connectivity index (χ0n) is 44.6. The molecule has 8 aromatic rings. The van der Waals surface area contributed by atoms with E-state index < -0.39 is 37.6 Å². The fourth-order valence-corrected chi connectivity index (χ4v) is 11.6. The molecule has 2 unspecified atom stereocenters. The van der Waals surface area contributed by atoms with E-state index in [0.29, 0.717) is 63.1 Å². The van der Waals surface area contributed by atoms with Crippen molar-refractivity contribution in [2.24, 2.45) is 0 Å². The van der Waals surface area contributed by atoms with Gasteiger partial charge in [-0.3, -0.25) is 28.2 Å². The molecule has 0 aliphatic carbocycles. The zero-order chi connectivity index (χ0) is 58.2. The van der Waals surface area contributed by atoms with Gasteiger partial charge >= 0.3 is 28.1 Å². The van der Waals surface area contributed by atoms with Crippen molar-refractivity contribution in [2.75, 3.05) is 43.9 Å². The predicted octanol–water partition coefficient (Wildman–Crippen LogP) is 7.74. The minimum atomic E-state index is -3.95. The average molecular weight is 1320 g/mol. The maximum atomic E-state index is 15.6. The number of anilines is 2. The Kier molecular flexibility index (Phi) is 22.7. The molecular formula is C52H53BBrCl2F2N10O11P2S2. The van der Waals surface area contributed by atoms with Crippen molar-refractivity contribution in [3.63, 3.8) is 0 Å². The van der Waals surface area contributed by atoms with Gasteiger partial charge in [-0.05, 0) is 106 Å². The molecule has 0 spiro atoms. The van der Waals surface area contributed by atoms with E-state index in [0.717, 1.165) is 5.56 Å². The van der Waals surface area contributed by atoms with E-state index in [1.807, 2.05) is 13.0 Å². The number of aromatic nitrogens is 6. The average Bonchev–Trinajstić information content (AvgIpc) is 3.58. The van der Waals surface area contributed by atoms with Crippen molar-refractivity contribution < 1.29 is 49.5 Å². The molecule has 1 radical (unpaired) electrons. The minimum Gasteiger partial charge on any atom is -0.537 e. The van der Waals surface area contributed by atoms with E-state index in [9.17, 15) is 30.8 Å². The first-order valence-electron chi connectivity index (χ1n) is 24.0. The van der Waals surface area contributed by atoms with Crippen LogP contribution in [0.2, 0.25) is 10.0 Å². The highest BCUT2D eigenvalue weighted by atomic mass is 79.9. The molecule has 0 saturated carbocycles.